The van der Waals surface area contributed by atoms with Crippen LogP contribution in [0.2, 0.25) is 0 Å². The summed E-state index contributed by atoms with van der Waals surface area (Å²) in [5, 5.41) is 25.1. The van der Waals surface area contributed by atoms with Crippen molar-refractivity contribution in [2.24, 2.45) is 0 Å². The molecule has 2 aromatic rings. The first-order valence-corrected chi connectivity index (χ1v) is 7.13. The van der Waals surface area contributed by atoms with Crippen molar-refractivity contribution in [1.82, 2.24) is 10.3 Å². The number of Topliss-reactive ketones (excluding diaryl/α,β-unsaturated/α-hetero) is 1. The fourth-order valence-electron chi connectivity index (χ4n) is 2.17. The van der Waals surface area contributed by atoms with Gasteiger partial charge in [0.15, 0.2) is 5.78 Å². The van der Waals surface area contributed by atoms with E-state index in [4.69, 9.17) is 10.2 Å². The maximum atomic E-state index is 12.0. The topological polar surface area (TPSA) is 117 Å². The number of hydrogen-bond donors (Lipinski definition) is 2. The molecule has 1 heterocycles. The van der Waals surface area contributed by atoms with Crippen LogP contribution in [0.15, 0.2) is 35.0 Å². The Hall–Kier alpha value is -2.74. The van der Waals surface area contributed by atoms with E-state index in [9.17, 15) is 9.59 Å². The number of carboxylic acid groups (broad SMARTS) is 1. The third-order valence-corrected chi connectivity index (χ3v) is 3.27. The lowest BCUT2D eigenvalue weighted by molar-refractivity contribution is 0.0685. The molecule has 0 aliphatic rings. The number of aromatic nitrogens is 2. The minimum atomic E-state index is -1.26. The van der Waals surface area contributed by atoms with Gasteiger partial charge in [-0.1, -0.05) is 30.3 Å². The molecule has 8 nitrogen and oxygen atoms in total. The number of aromatic carboxylic acids is 1. The molecule has 0 atom stereocenters. The molecule has 1 aromatic heterocycles. The molecule has 0 spiro atoms. The fraction of sp³-hybridized carbons (Fsp3) is 0.333. The SMILES string of the molecule is O=C(CCCN(CCO)c1nonc1C(=O)O)c1ccccc1. The Morgan fingerprint density at radius 2 is 1.87 bits per heavy atom. The van der Waals surface area contributed by atoms with Gasteiger partial charge in [0, 0.05) is 25.1 Å². The molecule has 0 radical (unpaired) electrons. The van der Waals surface area contributed by atoms with Crippen molar-refractivity contribution in [3.05, 3.63) is 41.6 Å². The molecule has 0 saturated heterocycles. The molecule has 0 fully saturated rings. The van der Waals surface area contributed by atoms with Gasteiger partial charge in [-0.05, 0) is 16.7 Å². The number of carboxylic acids is 1. The van der Waals surface area contributed by atoms with E-state index in [2.05, 4.69) is 14.9 Å². The Balaban J connectivity index is 1.96. The van der Waals surface area contributed by atoms with E-state index in [1.54, 1.807) is 24.3 Å². The standard InChI is InChI=1S/C15H17N3O5/c19-10-9-18(14-13(15(21)22)16-23-17-14)8-4-7-12(20)11-5-2-1-3-6-11/h1-3,5-6,19H,4,7-10H2,(H,21,22). The van der Waals surface area contributed by atoms with Gasteiger partial charge < -0.3 is 15.1 Å². The van der Waals surface area contributed by atoms with Gasteiger partial charge in [-0.15, -0.1) is 0 Å². The molecule has 0 aliphatic heterocycles. The van der Waals surface area contributed by atoms with Crippen molar-refractivity contribution >= 4 is 17.6 Å². The first-order valence-electron chi connectivity index (χ1n) is 7.13. The average molecular weight is 319 g/mol. The van der Waals surface area contributed by atoms with Crippen molar-refractivity contribution in [1.29, 1.82) is 0 Å². The Morgan fingerprint density at radius 1 is 1.13 bits per heavy atom. The lowest BCUT2D eigenvalue weighted by Crippen LogP contribution is -2.30. The molecule has 1 aromatic carbocycles. The molecule has 0 bridgehead atoms. The summed E-state index contributed by atoms with van der Waals surface area (Å²) >= 11 is 0. The number of hydrogen-bond acceptors (Lipinski definition) is 7. The van der Waals surface area contributed by atoms with Crippen molar-refractivity contribution in [3.63, 3.8) is 0 Å². The number of ketones is 1. The van der Waals surface area contributed by atoms with E-state index in [-0.39, 0.29) is 30.4 Å². The van der Waals surface area contributed by atoms with Crippen LogP contribution in [0, 0.1) is 0 Å². The Labute approximate surface area is 132 Å². The first-order chi connectivity index (χ1) is 11.1. The monoisotopic (exact) mass is 319 g/mol. The van der Waals surface area contributed by atoms with E-state index in [1.807, 2.05) is 6.07 Å². The highest BCUT2D eigenvalue weighted by Crippen LogP contribution is 2.17. The average Bonchev–Trinajstić information content (AvgIpc) is 3.04. The van der Waals surface area contributed by atoms with Crippen molar-refractivity contribution in [2.45, 2.75) is 12.8 Å². The Morgan fingerprint density at radius 3 is 2.52 bits per heavy atom. The Kier molecular flexibility index (Phi) is 5.81. The van der Waals surface area contributed by atoms with Gasteiger partial charge in [-0.2, -0.15) is 0 Å². The summed E-state index contributed by atoms with van der Waals surface area (Å²) in [4.78, 5) is 24.6. The predicted octanol–water partition coefficient (Wildman–Crippen LogP) is 1.23. The van der Waals surface area contributed by atoms with Gasteiger partial charge >= 0.3 is 5.97 Å². The Bertz CT molecular complexity index is 656. The zero-order chi connectivity index (χ0) is 16.7. The second-order valence-electron chi connectivity index (χ2n) is 4.85. The highest BCUT2D eigenvalue weighted by Gasteiger charge is 2.22. The lowest BCUT2D eigenvalue weighted by atomic mass is 10.1. The third kappa shape index (κ3) is 4.36. The van der Waals surface area contributed by atoms with Crippen LogP contribution in [-0.4, -0.2) is 52.0 Å². The van der Waals surface area contributed by atoms with E-state index < -0.39 is 5.97 Å². The van der Waals surface area contributed by atoms with Crippen LogP contribution in [0.3, 0.4) is 0 Å². The quantitative estimate of drug-likeness (QED) is 0.663. The number of nitrogens with zero attached hydrogens (tertiary/aromatic N) is 3. The number of rotatable bonds is 9. The van der Waals surface area contributed by atoms with Crippen LogP contribution in [0.1, 0.15) is 33.7 Å². The van der Waals surface area contributed by atoms with Crippen molar-refractivity contribution < 1.29 is 24.4 Å². The van der Waals surface area contributed by atoms with Crippen LogP contribution in [0.4, 0.5) is 5.82 Å². The molecule has 0 unspecified atom stereocenters. The smallest absolute Gasteiger partial charge is 0.362 e. The molecule has 0 aliphatic carbocycles. The molecule has 0 saturated carbocycles. The number of carbonyl (C=O) groups is 2. The van der Waals surface area contributed by atoms with E-state index in [0.29, 0.717) is 24.9 Å². The van der Waals surface area contributed by atoms with E-state index >= 15 is 0 Å². The summed E-state index contributed by atoms with van der Waals surface area (Å²) in [6.07, 6.45) is 0.791. The second kappa shape index (κ2) is 8.04. The molecular formula is C15H17N3O5. The summed E-state index contributed by atoms with van der Waals surface area (Å²) < 4.78 is 4.46. The van der Waals surface area contributed by atoms with Gasteiger partial charge in [-0.25, -0.2) is 9.42 Å². The zero-order valence-electron chi connectivity index (χ0n) is 12.4. The number of aliphatic hydroxyl groups excluding tert-OH is 1. The maximum absolute atomic E-state index is 12.0. The number of benzene rings is 1. The highest BCUT2D eigenvalue weighted by atomic mass is 16.6. The van der Waals surface area contributed by atoms with Crippen LogP contribution in [0.25, 0.3) is 0 Å². The molecular weight excluding hydrogens is 302 g/mol. The molecule has 23 heavy (non-hydrogen) atoms. The maximum Gasteiger partial charge on any atom is 0.362 e. The van der Waals surface area contributed by atoms with Crippen molar-refractivity contribution in [2.75, 3.05) is 24.6 Å². The van der Waals surface area contributed by atoms with Gasteiger partial charge in [0.25, 0.3) is 0 Å². The largest absolute Gasteiger partial charge is 0.476 e. The van der Waals surface area contributed by atoms with E-state index in [0.717, 1.165) is 0 Å². The van der Waals surface area contributed by atoms with Crippen molar-refractivity contribution in [3.8, 4) is 0 Å². The summed E-state index contributed by atoms with van der Waals surface area (Å²) in [7, 11) is 0. The van der Waals surface area contributed by atoms with Gasteiger partial charge in [-0.3, -0.25) is 4.79 Å². The fourth-order valence-corrected chi connectivity index (χ4v) is 2.17. The number of anilines is 1. The molecule has 2 N–H and O–H groups in total. The summed E-state index contributed by atoms with van der Waals surface area (Å²) in [6.45, 7) is 0.347. The molecule has 8 heteroatoms. The van der Waals surface area contributed by atoms with Gasteiger partial charge in [0.2, 0.25) is 11.5 Å². The van der Waals surface area contributed by atoms with Crippen LogP contribution in [-0.2, 0) is 0 Å². The summed E-state index contributed by atoms with van der Waals surface area (Å²) in [5.74, 6) is -1.20. The zero-order valence-corrected chi connectivity index (χ0v) is 12.4. The molecule has 0 amide bonds. The third-order valence-electron chi connectivity index (χ3n) is 3.27. The van der Waals surface area contributed by atoms with Crippen LogP contribution < -0.4 is 4.90 Å². The van der Waals surface area contributed by atoms with E-state index in [1.165, 1.54) is 4.90 Å². The second-order valence-corrected chi connectivity index (χ2v) is 4.85. The van der Waals surface area contributed by atoms with Gasteiger partial charge in [0.05, 0.1) is 6.61 Å². The lowest BCUT2D eigenvalue weighted by Gasteiger charge is -2.20. The minimum Gasteiger partial charge on any atom is -0.476 e. The summed E-state index contributed by atoms with van der Waals surface area (Å²) in [5.41, 5.74) is 0.323. The first kappa shape index (κ1) is 16.6. The normalized spacial score (nSPS) is 10.5. The van der Waals surface area contributed by atoms with Crippen LogP contribution >= 0.6 is 0 Å². The molecule has 2 rings (SSSR count). The van der Waals surface area contributed by atoms with Gasteiger partial charge in [0.1, 0.15) is 0 Å². The summed E-state index contributed by atoms with van der Waals surface area (Å²) in [6, 6.07) is 8.93. The molecule has 122 valence electrons. The van der Waals surface area contributed by atoms with Crippen LogP contribution in [0.5, 0.6) is 0 Å². The predicted molar refractivity (Wildman–Crippen MR) is 80.6 cm³/mol. The highest BCUT2D eigenvalue weighted by molar-refractivity contribution is 5.96. The number of carbonyl (C=O) groups excluding carboxylic acids is 1. The number of aliphatic hydroxyl groups is 1. The minimum absolute atomic E-state index is 0.00582.